The Balaban J connectivity index is 0.771. The van der Waals surface area contributed by atoms with Crippen molar-refractivity contribution in [3.63, 3.8) is 0 Å². The largest absolute Gasteiger partial charge is 0.381 e. The number of pyridine rings is 2. The molecule has 0 aromatic carbocycles. The third-order valence-electron chi connectivity index (χ3n) is 14.8. The normalized spacial score (nSPS) is 20.8. The second-order valence-electron chi connectivity index (χ2n) is 21.3. The third-order valence-corrected chi connectivity index (χ3v) is 14.8. The first-order valence-electron chi connectivity index (χ1n) is 25.4. The maximum Gasteiger partial charge on any atom is 0.255 e. The Hall–Kier alpha value is -6.79. The van der Waals surface area contributed by atoms with E-state index in [0.717, 1.165) is 115 Å². The molecule has 72 heavy (non-hydrogen) atoms. The van der Waals surface area contributed by atoms with Gasteiger partial charge in [0.25, 0.3) is 11.8 Å². The molecule has 18 heteroatoms. The lowest BCUT2D eigenvalue weighted by atomic mass is 9.73. The SMILES string of the molecule is COC1CCC(NC(=O)c2cnn3ccc(-c4c[nH]c5nc(NCC(C)(C)CC6C[C@@H](NC(=O)c7cnn8ccc(C9=CCCCc%10nc(NCC(C)(C)F)ncc%109)cc78)CC[C@@H]6OC)ncc45)cc23)CC1. The van der Waals surface area contributed by atoms with Crippen LogP contribution in [-0.4, -0.2) is 113 Å². The number of carbonyl (C=O) groups is 2. The zero-order valence-electron chi connectivity index (χ0n) is 42.1. The Morgan fingerprint density at radius 1 is 0.778 bits per heavy atom. The van der Waals surface area contributed by atoms with Gasteiger partial charge >= 0.3 is 0 Å². The van der Waals surface area contributed by atoms with Gasteiger partial charge in [0, 0.05) is 80.3 Å². The van der Waals surface area contributed by atoms with Crippen molar-refractivity contribution in [2.45, 2.75) is 128 Å². The maximum atomic E-state index is 14.2. The number of nitrogens with zero attached hydrogens (tertiary/aromatic N) is 8. The Kier molecular flexibility index (Phi) is 13.8. The van der Waals surface area contributed by atoms with Crippen LogP contribution in [0.5, 0.6) is 0 Å². The zero-order chi connectivity index (χ0) is 50.1. The number of methoxy groups -OCH3 is 2. The highest BCUT2D eigenvalue weighted by Crippen LogP contribution is 2.38. The molecule has 1 unspecified atom stereocenters. The van der Waals surface area contributed by atoms with Crippen LogP contribution in [0.2, 0.25) is 0 Å². The molecule has 0 bridgehead atoms. The molecule has 378 valence electrons. The first-order valence-corrected chi connectivity index (χ1v) is 25.4. The van der Waals surface area contributed by atoms with Crippen molar-refractivity contribution in [1.82, 2.24) is 54.8 Å². The highest BCUT2D eigenvalue weighted by atomic mass is 19.1. The summed E-state index contributed by atoms with van der Waals surface area (Å²) in [5.41, 5.74) is 7.31. The van der Waals surface area contributed by atoms with Crippen LogP contribution < -0.4 is 21.3 Å². The number of ether oxygens (including phenoxy) is 2. The van der Waals surface area contributed by atoms with Gasteiger partial charge < -0.3 is 35.7 Å². The fraction of sp³-hybridized carbons (Fsp3) is 0.481. The van der Waals surface area contributed by atoms with Gasteiger partial charge in [-0.2, -0.15) is 15.2 Å². The van der Waals surface area contributed by atoms with E-state index < -0.39 is 5.67 Å². The molecule has 5 N–H and O–H groups in total. The minimum atomic E-state index is -1.39. The Morgan fingerprint density at radius 3 is 2.14 bits per heavy atom. The van der Waals surface area contributed by atoms with Gasteiger partial charge in [0.2, 0.25) is 11.9 Å². The van der Waals surface area contributed by atoms with E-state index in [2.05, 4.69) is 61.4 Å². The van der Waals surface area contributed by atoms with Gasteiger partial charge in [0.15, 0.2) is 0 Å². The van der Waals surface area contributed by atoms with Gasteiger partial charge in [-0.1, -0.05) is 19.9 Å². The number of hydrogen-bond acceptors (Lipinski definition) is 12. The summed E-state index contributed by atoms with van der Waals surface area (Å²) in [7, 11) is 3.53. The number of halogens is 1. The number of aromatic amines is 1. The number of aromatic nitrogens is 9. The minimum Gasteiger partial charge on any atom is -0.381 e. The second kappa shape index (κ2) is 20.4. The molecule has 2 saturated carbocycles. The average Bonchev–Trinajstić information content (AvgIpc) is 4.08. The number of H-pyrrole nitrogens is 1. The summed E-state index contributed by atoms with van der Waals surface area (Å²) < 4.78 is 29.3. The number of nitrogens with one attached hydrogen (secondary N) is 5. The first kappa shape index (κ1) is 48.8. The maximum absolute atomic E-state index is 14.2. The highest BCUT2D eigenvalue weighted by molar-refractivity contribution is 6.03. The van der Waals surface area contributed by atoms with Gasteiger partial charge in [0.1, 0.15) is 11.3 Å². The molecule has 0 radical (unpaired) electrons. The number of alkyl halides is 1. The van der Waals surface area contributed by atoms with Gasteiger partial charge in [-0.3, -0.25) is 9.59 Å². The molecule has 0 saturated heterocycles. The quantitative estimate of drug-likeness (QED) is 0.0617. The van der Waals surface area contributed by atoms with Gasteiger partial charge in [-0.05, 0) is 137 Å². The number of amides is 2. The summed E-state index contributed by atoms with van der Waals surface area (Å²) in [6, 6.07) is 8.08. The Labute approximate surface area is 418 Å². The molecule has 3 aliphatic carbocycles. The van der Waals surface area contributed by atoms with Crippen LogP contribution in [0.15, 0.2) is 73.7 Å². The van der Waals surface area contributed by atoms with E-state index >= 15 is 0 Å². The van der Waals surface area contributed by atoms with E-state index in [1.165, 1.54) is 13.8 Å². The minimum absolute atomic E-state index is 0.0346. The van der Waals surface area contributed by atoms with Crippen molar-refractivity contribution in [3.05, 3.63) is 102 Å². The fourth-order valence-electron chi connectivity index (χ4n) is 10.9. The van der Waals surface area contributed by atoms with Gasteiger partial charge in [-0.15, -0.1) is 0 Å². The fourth-order valence-corrected chi connectivity index (χ4v) is 10.9. The third kappa shape index (κ3) is 10.7. The topological polar surface area (TPSA) is 203 Å². The van der Waals surface area contributed by atoms with Crippen molar-refractivity contribution in [1.29, 1.82) is 0 Å². The van der Waals surface area contributed by atoms with Crippen LogP contribution in [0, 0.1) is 11.3 Å². The van der Waals surface area contributed by atoms with Crippen LogP contribution in [-0.2, 0) is 15.9 Å². The van der Waals surface area contributed by atoms with Gasteiger partial charge in [-0.25, -0.2) is 28.4 Å². The van der Waals surface area contributed by atoms with E-state index in [4.69, 9.17) is 24.4 Å². The number of fused-ring (bicyclic) bond motifs is 4. The van der Waals surface area contributed by atoms with Crippen LogP contribution in [0.4, 0.5) is 16.3 Å². The summed E-state index contributed by atoms with van der Waals surface area (Å²) in [4.78, 5) is 49.8. The number of rotatable bonds is 16. The standard InChI is InChI=1S/C54H66FN13O4/c1-53(2,30-59-52-58-27-41-39(25-56-48(41)66-52)33-18-20-68-46(23-33)42(28-61-68)49(69)63-35-11-14-37(71-5)15-12-35)24-34-21-36(13-16-47(34)72-6)64-50(70)43-29-62-67-19-17-32(22-45(43)67)38-9-7-8-10-44-40(38)26-57-51(65-44)60-31-54(3,4)55/h9,17-20,22-23,25-29,34-37,47H,7-8,10-16,21,24,30-31H2,1-6H3,(H,63,69)(H,64,70)(H,57,60,65)(H2,56,58,59,66)/t34?,35?,36-,37?,47-/m0/s1. The highest BCUT2D eigenvalue weighted by Gasteiger charge is 2.36. The molecular weight excluding hydrogens is 914 g/mol. The molecule has 17 nitrogen and oxygen atoms in total. The molecule has 0 spiro atoms. The molecule has 10 rings (SSSR count). The second-order valence-corrected chi connectivity index (χ2v) is 21.3. The molecule has 7 aromatic rings. The molecule has 3 atom stereocenters. The van der Waals surface area contributed by atoms with Crippen LogP contribution in [0.25, 0.3) is 38.8 Å². The number of anilines is 2. The van der Waals surface area contributed by atoms with Crippen molar-refractivity contribution < 1.29 is 23.5 Å². The average molecular weight is 980 g/mol. The molecule has 0 aliphatic heterocycles. The first-order chi connectivity index (χ1) is 34.7. The van der Waals surface area contributed by atoms with Crippen LogP contribution in [0.1, 0.15) is 129 Å². The van der Waals surface area contributed by atoms with Crippen molar-refractivity contribution >= 4 is 51.4 Å². The van der Waals surface area contributed by atoms with E-state index in [1.807, 2.05) is 55.2 Å². The molecule has 2 amide bonds. The van der Waals surface area contributed by atoms with E-state index in [9.17, 15) is 14.0 Å². The summed E-state index contributed by atoms with van der Waals surface area (Å²) >= 11 is 0. The van der Waals surface area contributed by atoms with Crippen molar-refractivity contribution in [2.75, 3.05) is 37.9 Å². The number of carbonyl (C=O) groups excluding carboxylic acids is 2. The predicted molar refractivity (Wildman–Crippen MR) is 276 cm³/mol. The summed E-state index contributed by atoms with van der Waals surface area (Å²) in [5.74, 6) is 0.871. The summed E-state index contributed by atoms with van der Waals surface area (Å²) in [5, 5.41) is 23.0. The summed E-state index contributed by atoms with van der Waals surface area (Å²) in [6.45, 7) is 8.26. The zero-order valence-corrected chi connectivity index (χ0v) is 42.1. The molecule has 7 heterocycles. The van der Waals surface area contributed by atoms with Crippen molar-refractivity contribution in [2.24, 2.45) is 11.3 Å². The predicted octanol–water partition coefficient (Wildman–Crippen LogP) is 8.77. The lowest BCUT2D eigenvalue weighted by molar-refractivity contribution is -0.00110. The molecule has 7 aromatic heterocycles. The molecule has 2 fully saturated rings. The van der Waals surface area contributed by atoms with E-state index in [1.54, 1.807) is 35.6 Å². The van der Waals surface area contributed by atoms with Crippen LogP contribution in [0.3, 0.4) is 0 Å². The monoisotopic (exact) mass is 980 g/mol. The molecule has 3 aliphatic rings. The number of aryl methyl sites for hydroxylation is 1. The van der Waals surface area contributed by atoms with E-state index in [0.29, 0.717) is 40.7 Å². The Morgan fingerprint density at radius 2 is 1.43 bits per heavy atom. The lowest BCUT2D eigenvalue weighted by Gasteiger charge is -2.39. The van der Waals surface area contributed by atoms with Crippen LogP contribution >= 0.6 is 0 Å². The number of allylic oxidation sites excluding steroid dienone is 1. The molecular formula is C54H66FN13O4. The van der Waals surface area contributed by atoms with Gasteiger partial charge in [0.05, 0.1) is 59.0 Å². The van der Waals surface area contributed by atoms with E-state index in [-0.39, 0.29) is 54.0 Å². The summed E-state index contributed by atoms with van der Waals surface area (Å²) in [6.07, 6.45) is 24.7. The van der Waals surface area contributed by atoms with Crippen molar-refractivity contribution in [3.8, 4) is 11.1 Å². The lowest BCUT2D eigenvalue weighted by Crippen LogP contribution is -2.44. The Bertz CT molecular complexity index is 3130. The number of hydrogen-bond donors (Lipinski definition) is 5. The smallest absolute Gasteiger partial charge is 0.255 e.